The summed E-state index contributed by atoms with van der Waals surface area (Å²) in [6.07, 6.45) is 1.49. The first-order valence-electron chi connectivity index (χ1n) is 6.35. The molecule has 0 aliphatic rings. The summed E-state index contributed by atoms with van der Waals surface area (Å²) in [7, 11) is 0. The molecule has 6 nitrogen and oxygen atoms in total. The van der Waals surface area contributed by atoms with Crippen LogP contribution in [0, 0.1) is 6.92 Å². The second-order valence-corrected chi connectivity index (χ2v) is 5.62. The maximum absolute atomic E-state index is 12.2. The largest absolute Gasteiger partial charge is 0.328 e. The Morgan fingerprint density at radius 1 is 1.40 bits per heavy atom. The topological polar surface area (TPSA) is 79.8 Å². The molecule has 0 saturated carbocycles. The molecule has 2 heterocycles. The minimum absolute atomic E-state index is 0.0758. The molecule has 106 valence electrons. The van der Waals surface area contributed by atoms with Crippen LogP contribution < -0.4 is 10.9 Å². The summed E-state index contributed by atoms with van der Waals surface area (Å²) in [6, 6.07) is 4.88. The summed E-state index contributed by atoms with van der Waals surface area (Å²) in [5.74, 6) is 0.125. The zero-order valence-corrected chi connectivity index (χ0v) is 12.0. The summed E-state index contributed by atoms with van der Waals surface area (Å²) in [5.41, 5.74) is 0.201. The van der Waals surface area contributed by atoms with Gasteiger partial charge in [-0.25, -0.2) is 4.68 Å². The molecule has 0 aliphatic carbocycles. The minimum atomic E-state index is -0.447. The maximum atomic E-state index is 12.2. The van der Waals surface area contributed by atoms with Gasteiger partial charge < -0.3 is 10.3 Å². The van der Waals surface area contributed by atoms with E-state index in [2.05, 4.69) is 15.4 Å². The SMILES string of the molecule is Cc1cc(NC(=O)c2ccc[nH]c2=O)n(C(C)(C)C)n1. The molecule has 0 atom stereocenters. The summed E-state index contributed by atoms with van der Waals surface area (Å²) >= 11 is 0. The zero-order chi connectivity index (χ0) is 14.9. The first kappa shape index (κ1) is 14.0. The molecule has 0 aromatic carbocycles. The Labute approximate surface area is 116 Å². The fourth-order valence-corrected chi connectivity index (χ4v) is 1.88. The van der Waals surface area contributed by atoms with Crippen LogP contribution in [0.3, 0.4) is 0 Å². The molecule has 2 rings (SSSR count). The Kier molecular flexibility index (Phi) is 3.48. The average molecular weight is 274 g/mol. The molecular weight excluding hydrogens is 256 g/mol. The molecule has 0 bridgehead atoms. The molecule has 0 spiro atoms. The van der Waals surface area contributed by atoms with Crippen molar-refractivity contribution in [2.75, 3.05) is 5.32 Å². The summed E-state index contributed by atoms with van der Waals surface area (Å²) in [4.78, 5) is 26.2. The van der Waals surface area contributed by atoms with E-state index < -0.39 is 11.5 Å². The molecule has 6 heteroatoms. The van der Waals surface area contributed by atoms with Crippen LogP contribution >= 0.6 is 0 Å². The number of rotatable bonds is 2. The summed E-state index contributed by atoms with van der Waals surface area (Å²) in [5, 5.41) is 7.10. The maximum Gasteiger partial charge on any atom is 0.262 e. The van der Waals surface area contributed by atoms with Gasteiger partial charge in [-0.15, -0.1) is 0 Å². The van der Waals surface area contributed by atoms with Gasteiger partial charge in [-0.1, -0.05) is 0 Å². The van der Waals surface area contributed by atoms with Crippen molar-refractivity contribution in [1.82, 2.24) is 14.8 Å². The first-order chi connectivity index (χ1) is 9.29. The fourth-order valence-electron chi connectivity index (χ4n) is 1.88. The van der Waals surface area contributed by atoms with Crippen LogP contribution in [0.25, 0.3) is 0 Å². The lowest BCUT2D eigenvalue weighted by molar-refractivity contribution is 0.102. The minimum Gasteiger partial charge on any atom is -0.328 e. The Balaban J connectivity index is 2.34. The summed E-state index contributed by atoms with van der Waals surface area (Å²) < 4.78 is 1.73. The number of aromatic amines is 1. The van der Waals surface area contributed by atoms with Gasteiger partial charge in [0, 0.05) is 12.3 Å². The van der Waals surface area contributed by atoms with Gasteiger partial charge in [-0.05, 0) is 39.8 Å². The molecule has 0 saturated heterocycles. The van der Waals surface area contributed by atoms with E-state index in [1.165, 1.54) is 12.3 Å². The normalized spacial score (nSPS) is 11.4. The lowest BCUT2D eigenvalue weighted by Crippen LogP contribution is -2.28. The lowest BCUT2D eigenvalue weighted by atomic mass is 10.1. The standard InChI is InChI=1S/C14H18N4O2/c1-9-8-11(18(17-9)14(2,3)4)16-13(20)10-6-5-7-15-12(10)19/h5-8H,1-4H3,(H,15,19)(H,16,20). The van der Waals surface area contributed by atoms with Crippen molar-refractivity contribution in [2.24, 2.45) is 0 Å². The highest BCUT2D eigenvalue weighted by molar-refractivity contribution is 6.03. The van der Waals surface area contributed by atoms with Gasteiger partial charge in [0.2, 0.25) is 0 Å². The van der Waals surface area contributed by atoms with E-state index in [0.717, 1.165) is 5.69 Å². The number of amides is 1. The van der Waals surface area contributed by atoms with E-state index in [4.69, 9.17) is 0 Å². The molecule has 2 aromatic heterocycles. The van der Waals surface area contributed by atoms with Gasteiger partial charge in [0.05, 0.1) is 11.2 Å². The number of aromatic nitrogens is 3. The third kappa shape index (κ3) is 2.79. The van der Waals surface area contributed by atoms with E-state index in [1.807, 2.05) is 27.7 Å². The van der Waals surface area contributed by atoms with Gasteiger partial charge in [-0.3, -0.25) is 9.59 Å². The quantitative estimate of drug-likeness (QED) is 0.877. The van der Waals surface area contributed by atoms with Crippen molar-refractivity contribution in [3.63, 3.8) is 0 Å². The predicted molar refractivity (Wildman–Crippen MR) is 77.0 cm³/mol. The number of hydrogen-bond donors (Lipinski definition) is 2. The van der Waals surface area contributed by atoms with Crippen LogP contribution in [0.2, 0.25) is 0 Å². The molecule has 0 radical (unpaired) electrons. The molecule has 20 heavy (non-hydrogen) atoms. The van der Waals surface area contributed by atoms with Crippen LogP contribution in [-0.2, 0) is 5.54 Å². The van der Waals surface area contributed by atoms with Gasteiger partial charge in [0.25, 0.3) is 11.5 Å². The van der Waals surface area contributed by atoms with Crippen molar-refractivity contribution in [1.29, 1.82) is 0 Å². The molecule has 0 aliphatic heterocycles. The number of aryl methyl sites for hydroxylation is 1. The number of nitrogens with one attached hydrogen (secondary N) is 2. The monoisotopic (exact) mass is 274 g/mol. The van der Waals surface area contributed by atoms with Gasteiger partial charge in [0.15, 0.2) is 0 Å². The third-order valence-corrected chi connectivity index (χ3v) is 2.77. The molecule has 2 aromatic rings. The highest BCUT2D eigenvalue weighted by Crippen LogP contribution is 2.21. The molecule has 0 unspecified atom stereocenters. The Morgan fingerprint density at radius 2 is 2.10 bits per heavy atom. The molecular formula is C14H18N4O2. The van der Waals surface area contributed by atoms with Crippen molar-refractivity contribution >= 4 is 11.7 Å². The average Bonchev–Trinajstić information content (AvgIpc) is 2.70. The number of hydrogen-bond acceptors (Lipinski definition) is 3. The number of H-pyrrole nitrogens is 1. The number of nitrogens with zero attached hydrogens (tertiary/aromatic N) is 2. The van der Waals surface area contributed by atoms with Gasteiger partial charge in [0.1, 0.15) is 11.4 Å². The van der Waals surface area contributed by atoms with E-state index in [-0.39, 0.29) is 11.1 Å². The zero-order valence-electron chi connectivity index (χ0n) is 12.0. The van der Waals surface area contributed by atoms with Crippen LogP contribution in [0.5, 0.6) is 0 Å². The van der Waals surface area contributed by atoms with E-state index >= 15 is 0 Å². The Hall–Kier alpha value is -2.37. The first-order valence-corrected chi connectivity index (χ1v) is 6.35. The van der Waals surface area contributed by atoms with E-state index in [9.17, 15) is 9.59 Å². The number of anilines is 1. The molecule has 1 amide bonds. The smallest absolute Gasteiger partial charge is 0.262 e. The fraction of sp³-hybridized carbons (Fsp3) is 0.357. The highest BCUT2D eigenvalue weighted by Gasteiger charge is 2.21. The Morgan fingerprint density at radius 3 is 2.70 bits per heavy atom. The van der Waals surface area contributed by atoms with Crippen LogP contribution in [0.15, 0.2) is 29.2 Å². The van der Waals surface area contributed by atoms with Gasteiger partial charge >= 0.3 is 0 Å². The van der Waals surface area contributed by atoms with E-state index in [1.54, 1.807) is 16.8 Å². The number of carbonyl (C=O) groups is 1. The van der Waals surface area contributed by atoms with Crippen molar-refractivity contribution in [2.45, 2.75) is 33.2 Å². The van der Waals surface area contributed by atoms with Crippen molar-refractivity contribution in [3.05, 3.63) is 46.0 Å². The van der Waals surface area contributed by atoms with Crippen molar-refractivity contribution in [3.8, 4) is 0 Å². The second kappa shape index (κ2) is 4.96. The van der Waals surface area contributed by atoms with Crippen molar-refractivity contribution < 1.29 is 4.79 Å². The summed E-state index contributed by atoms with van der Waals surface area (Å²) in [6.45, 7) is 7.83. The van der Waals surface area contributed by atoms with E-state index in [0.29, 0.717) is 5.82 Å². The lowest BCUT2D eigenvalue weighted by Gasteiger charge is -2.22. The Bertz CT molecular complexity index is 692. The van der Waals surface area contributed by atoms with Crippen LogP contribution in [-0.4, -0.2) is 20.7 Å². The number of carbonyl (C=O) groups excluding carboxylic acids is 1. The van der Waals surface area contributed by atoms with Crippen LogP contribution in [0.4, 0.5) is 5.82 Å². The highest BCUT2D eigenvalue weighted by atomic mass is 16.2. The number of pyridine rings is 1. The molecule has 2 N–H and O–H groups in total. The third-order valence-electron chi connectivity index (χ3n) is 2.77. The second-order valence-electron chi connectivity index (χ2n) is 5.62. The molecule has 0 fully saturated rings. The van der Waals surface area contributed by atoms with Crippen LogP contribution in [0.1, 0.15) is 36.8 Å². The predicted octanol–water partition coefficient (Wildman–Crippen LogP) is 1.89. The van der Waals surface area contributed by atoms with Gasteiger partial charge in [-0.2, -0.15) is 5.10 Å².